The number of halogens is 2. The van der Waals surface area contributed by atoms with Gasteiger partial charge in [-0.15, -0.1) is 0 Å². The van der Waals surface area contributed by atoms with Gasteiger partial charge in [0.25, 0.3) is 11.8 Å². The van der Waals surface area contributed by atoms with Crippen LogP contribution in [0, 0.1) is 6.92 Å². The number of urea groups is 1. The number of methoxy groups -OCH3 is 1. The van der Waals surface area contributed by atoms with Crippen molar-refractivity contribution < 1.29 is 28.6 Å². The first kappa shape index (κ1) is 27.0. The van der Waals surface area contributed by atoms with E-state index in [1.165, 1.54) is 37.5 Å². The Labute approximate surface area is 229 Å². The summed E-state index contributed by atoms with van der Waals surface area (Å²) in [5.41, 5.74) is 1.58. The molecule has 3 aromatic rings. The molecular weight excluding hydrogens is 531 g/mol. The highest BCUT2D eigenvalue weighted by atomic mass is 35.5. The van der Waals surface area contributed by atoms with Gasteiger partial charge in [0.05, 0.1) is 31.0 Å². The number of carbonyl (C=O) groups excluding carboxylic acids is 3. The minimum atomic E-state index is -0.856. The van der Waals surface area contributed by atoms with Crippen molar-refractivity contribution in [3.63, 3.8) is 0 Å². The van der Waals surface area contributed by atoms with Gasteiger partial charge in [-0.3, -0.25) is 14.9 Å². The van der Waals surface area contributed by atoms with Gasteiger partial charge in [0.1, 0.15) is 11.3 Å². The average Bonchev–Trinajstić information content (AvgIpc) is 2.89. The number of anilines is 1. The van der Waals surface area contributed by atoms with E-state index >= 15 is 0 Å². The van der Waals surface area contributed by atoms with Crippen LogP contribution in [0.3, 0.4) is 0 Å². The topological polar surface area (TPSA) is 94.2 Å². The van der Waals surface area contributed by atoms with Gasteiger partial charge < -0.3 is 14.2 Å². The summed E-state index contributed by atoms with van der Waals surface area (Å²) < 4.78 is 17.0. The van der Waals surface area contributed by atoms with E-state index in [4.69, 9.17) is 37.4 Å². The molecule has 1 aliphatic heterocycles. The van der Waals surface area contributed by atoms with Crippen molar-refractivity contribution in [2.24, 2.45) is 0 Å². The lowest BCUT2D eigenvalue weighted by molar-refractivity contribution is -0.122. The van der Waals surface area contributed by atoms with Crippen molar-refractivity contribution in [3.8, 4) is 17.2 Å². The SMILES string of the molecule is COc1cc(/C=C2/C(=O)NC(=O)N(c3ccc(Cl)cc3)C2=O)cc(Cl)c1OCCCOc1ccc(C)cc1. The van der Waals surface area contributed by atoms with Crippen LogP contribution in [0.1, 0.15) is 17.5 Å². The Balaban J connectivity index is 1.47. The molecule has 0 atom stereocenters. The zero-order valence-corrected chi connectivity index (χ0v) is 22.1. The number of nitrogens with one attached hydrogen (secondary N) is 1. The summed E-state index contributed by atoms with van der Waals surface area (Å²) in [4.78, 5) is 38.9. The first-order chi connectivity index (χ1) is 18.3. The lowest BCUT2D eigenvalue weighted by Crippen LogP contribution is -2.54. The zero-order valence-electron chi connectivity index (χ0n) is 20.6. The molecule has 8 nitrogen and oxygen atoms in total. The fourth-order valence-electron chi connectivity index (χ4n) is 3.67. The smallest absolute Gasteiger partial charge is 0.335 e. The van der Waals surface area contributed by atoms with Crippen LogP contribution in [0.2, 0.25) is 10.0 Å². The van der Waals surface area contributed by atoms with Gasteiger partial charge in [-0.2, -0.15) is 0 Å². The van der Waals surface area contributed by atoms with E-state index in [9.17, 15) is 14.4 Å². The number of nitrogens with zero attached hydrogens (tertiary/aromatic N) is 1. The number of imide groups is 2. The molecule has 4 amide bonds. The van der Waals surface area contributed by atoms with E-state index in [1.54, 1.807) is 12.1 Å². The molecule has 10 heteroatoms. The Morgan fingerprint density at radius 1 is 0.921 bits per heavy atom. The van der Waals surface area contributed by atoms with Crippen molar-refractivity contribution in [2.75, 3.05) is 25.2 Å². The van der Waals surface area contributed by atoms with Gasteiger partial charge >= 0.3 is 6.03 Å². The van der Waals surface area contributed by atoms with E-state index in [1.807, 2.05) is 31.2 Å². The number of benzene rings is 3. The molecule has 1 N–H and O–H groups in total. The highest BCUT2D eigenvalue weighted by molar-refractivity contribution is 6.39. The molecule has 0 aliphatic carbocycles. The van der Waals surface area contributed by atoms with Crippen LogP contribution in [0.15, 0.2) is 66.2 Å². The molecule has 1 aliphatic rings. The van der Waals surface area contributed by atoms with Gasteiger partial charge in [0.15, 0.2) is 11.5 Å². The Hall–Kier alpha value is -4.01. The molecule has 0 bridgehead atoms. The molecule has 1 heterocycles. The third kappa shape index (κ3) is 6.27. The van der Waals surface area contributed by atoms with E-state index in [0.717, 1.165) is 16.2 Å². The van der Waals surface area contributed by atoms with Crippen molar-refractivity contribution >= 4 is 52.8 Å². The molecule has 38 heavy (non-hydrogen) atoms. The Kier molecular flexibility index (Phi) is 8.55. The maximum absolute atomic E-state index is 13.1. The van der Waals surface area contributed by atoms with Crippen LogP contribution >= 0.6 is 23.2 Å². The van der Waals surface area contributed by atoms with Crippen molar-refractivity contribution in [2.45, 2.75) is 13.3 Å². The summed E-state index contributed by atoms with van der Waals surface area (Å²) in [6, 6.07) is 16.1. The summed E-state index contributed by atoms with van der Waals surface area (Å²) >= 11 is 12.4. The number of hydrogen-bond acceptors (Lipinski definition) is 6. The molecule has 3 aromatic carbocycles. The van der Waals surface area contributed by atoms with Gasteiger partial charge in [-0.1, -0.05) is 40.9 Å². The summed E-state index contributed by atoms with van der Waals surface area (Å²) in [5.74, 6) is -0.192. The summed E-state index contributed by atoms with van der Waals surface area (Å²) in [7, 11) is 1.45. The summed E-state index contributed by atoms with van der Waals surface area (Å²) in [6.07, 6.45) is 1.93. The highest BCUT2D eigenvalue weighted by Gasteiger charge is 2.36. The third-order valence-electron chi connectivity index (χ3n) is 5.57. The van der Waals surface area contributed by atoms with E-state index < -0.39 is 17.8 Å². The van der Waals surface area contributed by atoms with E-state index in [2.05, 4.69) is 5.32 Å². The molecule has 1 fully saturated rings. The van der Waals surface area contributed by atoms with Gasteiger partial charge in [-0.25, -0.2) is 9.69 Å². The van der Waals surface area contributed by atoms with E-state index in [0.29, 0.717) is 41.7 Å². The van der Waals surface area contributed by atoms with Crippen LogP contribution in [-0.4, -0.2) is 38.2 Å². The largest absolute Gasteiger partial charge is 0.493 e. The van der Waals surface area contributed by atoms with Crippen LogP contribution < -0.4 is 24.4 Å². The molecule has 196 valence electrons. The lowest BCUT2D eigenvalue weighted by atomic mass is 10.1. The Bertz CT molecular complexity index is 1390. The Morgan fingerprint density at radius 3 is 2.29 bits per heavy atom. The predicted molar refractivity (Wildman–Crippen MR) is 145 cm³/mol. The minimum absolute atomic E-state index is 0.227. The second-order valence-electron chi connectivity index (χ2n) is 8.33. The molecule has 0 aromatic heterocycles. The molecule has 4 rings (SSSR count). The summed E-state index contributed by atoms with van der Waals surface area (Å²) in [5, 5.41) is 2.84. The monoisotopic (exact) mass is 554 g/mol. The normalized spacial score (nSPS) is 14.5. The molecule has 0 saturated carbocycles. The standard InChI is InChI=1S/C28H24Cl2N2O6/c1-17-4-10-21(11-5-17)37-12-3-13-38-25-23(30)15-18(16-24(25)36-2)14-22-26(33)31-28(35)32(27(22)34)20-8-6-19(29)7-9-20/h4-11,14-16H,3,12-13H2,1-2H3,(H,31,33,35)/b22-14-. The molecule has 0 unspecified atom stereocenters. The van der Waals surface area contributed by atoms with Gasteiger partial charge in [-0.05, 0) is 67.1 Å². The zero-order chi connectivity index (χ0) is 27.2. The molecule has 0 spiro atoms. The number of ether oxygens (including phenoxy) is 3. The number of amides is 4. The summed E-state index contributed by atoms with van der Waals surface area (Å²) in [6.45, 7) is 2.78. The number of rotatable bonds is 9. The Morgan fingerprint density at radius 2 is 1.61 bits per heavy atom. The van der Waals surface area contributed by atoms with Gasteiger partial charge in [0, 0.05) is 11.4 Å². The second kappa shape index (κ2) is 12.0. The molecule has 1 saturated heterocycles. The number of carbonyl (C=O) groups is 3. The van der Waals surface area contributed by atoms with Crippen molar-refractivity contribution in [3.05, 3.63) is 87.4 Å². The van der Waals surface area contributed by atoms with Crippen LogP contribution in [0.5, 0.6) is 17.2 Å². The maximum Gasteiger partial charge on any atom is 0.335 e. The number of hydrogen-bond donors (Lipinski definition) is 1. The van der Waals surface area contributed by atoms with Crippen molar-refractivity contribution in [1.29, 1.82) is 0 Å². The fourth-order valence-corrected chi connectivity index (χ4v) is 4.07. The second-order valence-corrected chi connectivity index (χ2v) is 9.18. The quantitative estimate of drug-likeness (QED) is 0.203. The fraction of sp³-hybridized carbons (Fsp3) is 0.179. The first-order valence-corrected chi connectivity index (χ1v) is 12.4. The van der Waals surface area contributed by atoms with Gasteiger partial charge in [0.2, 0.25) is 0 Å². The molecule has 0 radical (unpaired) electrons. The lowest BCUT2D eigenvalue weighted by Gasteiger charge is -2.26. The van der Waals surface area contributed by atoms with Crippen LogP contribution in [0.4, 0.5) is 10.5 Å². The van der Waals surface area contributed by atoms with Crippen molar-refractivity contribution in [1.82, 2.24) is 5.32 Å². The highest BCUT2D eigenvalue weighted by Crippen LogP contribution is 2.37. The van der Waals surface area contributed by atoms with Crippen LogP contribution in [-0.2, 0) is 9.59 Å². The minimum Gasteiger partial charge on any atom is -0.493 e. The van der Waals surface area contributed by atoms with Crippen LogP contribution in [0.25, 0.3) is 6.08 Å². The third-order valence-corrected chi connectivity index (χ3v) is 6.11. The predicted octanol–water partition coefficient (Wildman–Crippen LogP) is 5.82. The number of barbiturate groups is 1. The first-order valence-electron chi connectivity index (χ1n) is 11.6. The average molecular weight is 555 g/mol. The number of aryl methyl sites for hydroxylation is 1. The van der Waals surface area contributed by atoms with E-state index in [-0.39, 0.29) is 16.3 Å². The molecular formula is C28H24Cl2N2O6. The maximum atomic E-state index is 13.1.